The molecule has 0 aromatic rings. The number of guanidine groups is 2. The summed E-state index contributed by atoms with van der Waals surface area (Å²) >= 11 is 3.44. The van der Waals surface area contributed by atoms with Gasteiger partial charge in [-0.3, -0.25) is 19.2 Å². The molecular formula is C38H63N7O7S. The molecule has 0 aliphatic heterocycles. The zero-order valence-electron chi connectivity index (χ0n) is 32.3. The van der Waals surface area contributed by atoms with E-state index in [4.69, 9.17) is 16.2 Å². The normalized spacial score (nSPS) is 13.3. The third-order valence-corrected chi connectivity index (χ3v) is 6.83. The Morgan fingerprint density at radius 2 is 1.30 bits per heavy atom. The van der Waals surface area contributed by atoms with Crippen molar-refractivity contribution in [1.82, 2.24) is 15.5 Å². The number of nitrogens with one attached hydrogen (secondary N) is 2. The van der Waals surface area contributed by atoms with E-state index in [0.717, 1.165) is 38.5 Å². The topological polar surface area (TPSA) is 211 Å². The third kappa shape index (κ3) is 32.0. The van der Waals surface area contributed by atoms with E-state index < -0.39 is 29.9 Å². The molecule has 0 heterocycles. The number of carbonyl (C=O) groups is 4. The van der Waals surface area contributed by atoms with Gasteiger partial charge in [-0.15, -0.1) is 0 Å². The molecule has 0 saturated heterocycles. The van der Waals surface area contributed by atoms with E-state index in [-0.39, 0.29) is 49.8 Å². The van der Waals surface area contributed by atoms with Gasteiger partial charge in [0.25, 0.3) is 5.91 Å². The largest absolute Gasteiger partial charge is 0.394 e. The van der Waals surface area contributed by atoms with E-state index >= 15 is 0 Å². The highest BCUT2D eigenvalue weighted by Crippen LogP contribution is 2.21. The van der Waals surface area contributed by atoms with Crippen molar-refractivity contribution in [3.63, 3.8) is 0 Å². The number of allylic oxidation sites excluding steroid dienone is 11. The molecule has 0 unspecified atom stereocenters. The van der Waals surface area contributed by atoms with Crippen LogP contribution in [-0.2, 0) is 28.1 Å². The number of nitrogens with zero attached hydrogens (tertiary/aromatic N) is 3. The molecule has 0 aliphatic rings. The van der Waals surface area contributed by atoms with Crippen molar-refractivity contribution in [1.29, 1.82) is 0 Å². The van der Waals surface area contributed by atoms with Crippen LogP contribution >= 0.6 is 12.9 Å². The number of aliphatic hydroxyl groups is 1. The predicted molar refractivity (Wildman–Crippen MR) is 217 cm³/mol. The van der Waals surface area contributed by atoms with Gasteiger partial charge in [0, 0.05) is 51.9 Å². The van der Waals surface area contributed by atoms with E-state index in [0.29, 0.717) is 6.54 Å². The Bertz CT molecular complexity index is 1300. The highest BCUT2D eigenvalue weighted by molar-refractivity contribution is 7.75. The van der Waals surface area contributed by atoms with E-state index in [1.54, 1.807) is 40.9 Å². The number of thiol groups is 1. The maximum atomic E-state index is 12.0. The van der Waals surface area contributed by atoms with Crippen molar-refractivity contribution in [3.8, 4) is 0 Å². The molecule has 14 nitrogen and oxygen atoms in total. The van der Waals surface area contributed by atoms with E-state index in [1.807, 2.05) is 6.08 Å². The number of rotatable bonds is 23. The van der Waals surface area contributed by atoms with Crippen LogP contribution in [-0.4, -0.2) is 92.1 Å². The van der Waals surface area contributed by atoms with E-state index in [9.17, 15) is 24.3 Å². The van der Waals surface area contributed by atoms with Crippen LogP contribution < -0.4 is 22.1 Å². The molecule has 0 aromatic heterocycles. The minimum Gasteiger partial charge on any atom is -0.394 e. The Morgan fingerprint density at radius 3 is 1.75 bits per heavy atom. The average molecular weight is 762 g/mol. The third-order valence-electron chi connectivity index (χ3n) is 6.62. The fourth-order valence-electron chi connectivity index (χ4n) is 3.66. The summed E-state index contributed by atoms with van der Waals surface area (Å²) in [7, 11) is 3.31. The van der Waals surface area contributed by atoms with Crippen molar-refractivity contribution in [2.75, 3.05) is 40.4 Å². The predicted octanol–water partition coefficient (Wildman–Crippen LogP) is 4.21. The van der Waals surface area contributed by atoms with E-state index in [1.165, 1.54) is 4.90 Å². The summed E-state index contributed by atoms with van der Waals surface area (Å²) in [6.45, 7) is 7.24. The second-order valence-corrected chi connectivity index (χ2v) is 12.4. The van der Waals surface area contributed by atoms with Gasteiger partial charge in [-0.2, -0.15) is 9.98 Å². The highest BCUT2D eigenvalue weighted by Gasteiger charge is 2.34. The van der Waals surface area contributed by atoms with E-state index in [2.05, 4.69) is 105 Å². The number of amides is 3. The van der Waals surface area contributed by atoms with Gasteiger partial charge < -0.3 is 41.0 Å². The summed E-state index contributed by atoms with van der Waals surface area (Å²) in [5.74, 6) is -2.07. The van der Waals surface area contributed by atoms with Gasteiger partial charge >= 0.3 is 5.97 Å². The first-order chi connectivity index (χ1) is 25.2. The first-order valence-electron chi connectivity index (χ1n) is 17.6. The molecule has 0 aromatic carbocycles. The molecule has 0 saturated carbocycles. The lowest BCUT2D eigenvalue weighted by Gasteiger charge is -2.29. The fourth-order valence-corrected chi connectivity index (χ4v) is 3.73. The maximum absolute atomic E-state index is 12.0. The van der Waals surface area contributed by atoms with Crippen LogP contribution in [0.2, 0.25) is 0 Å². The molecule has 53 heavy (non-hydrogen) atoms. The van der Waals surface area contributed by atoms with Crippen LogP contribution in [0.15, 0.2) is 82.9 Å². The minimum atomic E-state index is -1.40. The SMILES string of the molecule is CC/C=C\C/C=C\C/C=C\C/C=C\C/C=C\C/C=C\CC(=O)OS.CCNC(=O)CCNC(=O)[C@H](O)C(C)(C)COCC(=O)N=C(N)/N=C(\N)N(C)C. The lowest BCUT2D eigenvalue weighted by Crippen LogP contribution is -2.46. The summed E-state index contributed by atoms with van der Waals surface area (Å²) in [5, 5.41) is 15.3. The molecule has 7 N–H and O–H groups in total. The van der Waals surface area contributed by atoms with Crippen LogP contribution in [0.25, 0.3) is 0 Å². The van der Waals surface area contributed by atoms with Gasteiger partial charge in [-0.1, -0.05) is 93.7 Å². The minimum absolute atomic E-state index is 0.0856. The van der Waals surface area contributed by atoms with Crippen LogP contribution in [0, 0.1) is 5.41 Å². The Hall–Kier alpha value is -4.47. The number of hydrogen-bond acceptors (Lipinski definition) is 8. The highest BCUT2D eigenvalue weighted by atomic mass is 32.1. The number of aliphatic imine (C=N–C) groups is 2. The second kappa shape index (κ2) is 33.4. The van der Waals surface area contributed by atoms with Gasteiger partial charge in [-0.05, 0) is 45.4 Å². The molecule has 0 aliphatic carbocycles. The molecule has 0 rings (SSSR count). The summed E-state index contributed by atoms with van der Waals surface area (Å²) in [6.07, 6.45) is 30.3. The van der Waals surface area contributed by atoms with Crippen molar-refractivity contribution < 1.29 is 33.2 Å². The van der Waals surface area contributed by atoms with Gasteiger partial charge in [0.15, 0.2) is 5.96 Å². The van der Waals surface area contributed by atoms with Gasteiger partial charge in [-0.25, -0.2) is 0 Å². The molecular weight excluding hydrogens is 699 g/mol. The fraction of sp³-hybridized carbons (Fsp3) is 0.526. The molecule has 0 bridgehead atoms. The van der Waals surface area contributed by atoms with Crippen LogP contribution in [0.5, 0.6) is 0 Å². The Labute approximate surface area is 321 Å². The Kier molecular flexibility index (Phi) is 31.9. The van der Waals surface area contributed by atoms with Crippen molar-refractivity contribution >= 4 is 48.5 Å². The Morgan fingerprint density at radius 1 is 0.811 bits per heavy atom. The Balaban J connectivity index is 0. The molecule has 15 heteroatoms. The number of ether oxygens (including phenoxy) is 1. The molecule has 0 spiro atoms. The summed E-state index contributed by atoms with van der Waals surface area (Å²) < 4.78 is 9.50. The summed E-state index contributed by atoms with van der Waals surface area (Å²) in [6, 6.07) is 0. The standard InChI is InChI=1S/C21H30O2S.C17H33N7O5/c1-2-3-4-5-6-7-8-9-10-11-12-13-14-15-16-17-18-19-20-21(22)23-24;1-6-20-11(25)7-8-21-14(28)13(27)17(2,3)10-29-9-12(26)22-15(18)23-16(19)24(4)5/h3-4,6-7,9-10,12-13,15-16,18-19,24H,2,5,8,11,14,17,20H2,1H3;13,27H,6-10H2,1-5H3,(H,20,25)(H,21,28)(H4,18,19,22,23,26)/b4-3-,7-6-,10-9-,13-12-,16-15-,19-18-;/t;13-/m.0/s1. The second-order valence-electron chi connectivity index (χ2n) is 12.2. The molecule has 298 valence electrons. The van der Waals surface area contributed by atoms with Crippen LogP contribution in [0.1, 0.15) is 79.1 Å². The lowest BCUT2D eigenvalue weighted by molar-refractivity contribution is -0.139. The van der Waals surface area contributed by atoms with Gasteiger partial charge in [0.2, 0.25) is 17.8 Å². The number of nitrogens with two attached hydrogens (primary N) is 2. The molecule has 0 fully saturated rings. The first-order valence-corrected chi connectivity index (χ1v) is 18.0. The molecule has 0 radical (unpaired) electrons. The van der Waals surface area contributed by atoms with Crippen LogP contribution in [0.4, 0.5) is 0 Å². The molecule has 1 atom stereocenters. The number of hydrogen-bond donors (Lipinski definition) is 6. The zero-order valence-corrected chi connectivity index (χ0v) is 33.2. The van der Waals surface area contributed by atoms with Crippen molar-refractivity contribution in [3.05, 3.63) is 72.9 Å². The molecule has 3 amide bonds. The van der Waals surface area contributed by atoms with Crippen molar-refractivity contribution in [2.24, 2.45) is 26.9 Å². The smallest absolute Gasteiger partial charge is 0.321 e. The lowest BCUT2D eigenvalue weighted by atomic mass is 9.87. The van der Waals surface area contributed by atoms with Crippen molar-refractivity contribution in [2.45, 2.75) is 85.2 Å². The average Bonchev–Trinajstić information content (AvgIpc) is 3.10. The quantitative estimate of drug-likeness (QED) is 0.0287. The summed E-state index contributed by atoms with van der Waals surface area (Å²) in [5.41, 5.74) is 10.1. The zero-order chi connectivity index (χ0) is 40.3. The summed E-state index contributed by atoms with van der Waals surface area (Å²) in [4.78, 5) is 54.7. The number of aliphatic hydroxyl groups excluding tert-OH is 1. The van der Waals surface area contributed by atoms with Gasteiger partial charge in [0.05, 0.1) is 13.0 Å². The number of carbonyl (C=O) groups excluding carboxylic acids is 4. The van der Waals surface area contributed by atoms with Gasteiger partial charge in [0.1, 0.15) is 12.7 Å². The van der Waals surface area contributed by atoms with Crippen LogP contribution in [0.3, 0.4) is 0 Å². The monoisotopic (exact) mass is 761 g/mol. The first kappa shape index (κ1) is 50.6. The maximum Gasteiger partial charge on any atom is 0.321 e.